The second-order valence-corrected chi connectivity index (χ2v) is 22.6. The summed E-state index contributed by atoms with van der Waals surface area (Å²) in [6.07, 6.45) is 50.9. The maximum atomic E-state index is 6.62. The number of fused-ring (bicyclic) bond motifs is 5. The quantitative estimate of drug-likeness (QED) is 0.0509. The predicted octanol–water partition coefficient (Wildman–Crippen LogP) is 16.6. The molecule has 9 atom stereocenters. The fraction of sp³-hybridized carbons (Fsp3) is 0.897. The van der Waals surface area contributed by atoms with Crippen LogP contribution in [0.1, 0.15) is 235 Å². The van der Waals surface area contributed by atoms with Crippen molar-refractivity contribution in [1.29, 1.82) is 0 Å². The Balaban J connectivity index is 0.984. The molecule has 0 saturated heterocycles. The molecule has 0 aromatic heterocycles. The number of allylic oxidation sites excluding steroid dienone is 5. The lowest BCUT2D eigenvalue weighted by Gasteiger charge is -2.63. The van der Waals surface area contributed by atoms with Crippen LogP contribution in [0.2, 0.25) is 0 Å². The molecule has 0 radical (unpaired) electrons. The number of likely N-dealkylation sites (N-methyl/N-ethyl adjacent to an activating group) is 1. The summed E-state index contributed by atoms with van der Waals surface area (Å²) in [5.74, 6) is 4.41. The van der Waals surface area contributed by atoms with Crippen molar-refractivity contribution in [1.82, 2.24) is 5.32 Å². The van der Waals surface area contributed by atoms with E-state index < -0.39 is 0 Å². The van der Waals surface area contributed by atoms with Gasteiger partial charge in [-0.25, -0.2) is 0 Å². The second-order valence-electron chi connectivity index (χ2n) is 22.6. The van der Waals surface area contributed by atoms with Crippen LogP contribution in [-0.2, 0) is 14.2 Å². The van der Waals surface area contributed by atoms with Crippen molar-refractivity contribution in [3.05, 3.63) is 36.0 Å². The molecule has 4 aliphatic rings. The molecule has 4 aliphatic carbocycles. The number of hydrogen-bond donors (Lipinski definition) is 1. The second kappa shape index (κ2) is 29.6. The van der Waals surface area contributed by atoms with Gasteiger partial charge in [-0.1, -0.05) is 168 Å². The van der Waals surface area contributed by atoms with Gasteiger partial charge in [0.2, 0.25) is 0 Å². The Morgan fingerprint density at radius 3 is 2.03 bits per heavy atom. The summed E-state index contributed by atoms with van der Waals surface area (Å²) in [7, 11) is 2.02. The lowest BCUT2D eigenvalue weighted by molar-refractivity contribution is -0.117. The van der Waals surface area contributed by atoms with Gasteiger partial charge in [0.15, 0.2) is 0 Å². The van der Waals surface area contributed by atoms with E-state index in [2.05, 4.69) is 84.2 Å². The molecule has 0 spiro atoms. The lowest BCUT2D eigenvalue weighted by Crippen LogP contribution is -2.56. The van der Waals surface area contributed by atoms with Crippen LogP contribution in [0.25, 0.3) is 0 Å². The Labute approximate surface area is 386 Å². The summed E-state index contributed by atoms with van der Waals surface area (Å²) in [5.41, 5.74) is 3.19. The predicted molar refractivity (Wildman–Crippen MR) is 269 cm³/mol. The van der Waals surface area contributed by atoms with Crippen LogP contribution >= 0.6 is 0 Å². The number of ether oxygens (including phenoxy) is 3. The SMILES string of the molecule is CCCCCC=CCC=CCCCCCCCCOCC(CNC)OCCCCCCCCOC1CCC2(C)C(=CCC3(C)C2CCC2(C)C(C(C)CCCC(C)C)CCC23)C1. The smallest absolute Gasteiger partial charge is 0.0932 e. The van der Waals surface area contributed by atoms with Crippen LogP contribution < -0.4 is 5.32 Å². The molecule has 4 heteroatoms. The van der Waals surface area contributed by atoms with E-state index in [1.807, 2.05) is 7.05 Å². The third kappa shape index (κ3) is 17.0. The van der Waals surface area contributed by atoms with Crippen molar-refractivity contribution < 1.29 is 14.2 Å². The first-order valence-corrected chi connectivity index (χ1v) is 27.5. The highest BCUT2D eigenvalue weighted by molar-refractivity contribution is 5.28. The van der Waals surface area contributed by atoms with Crippen molar-refractivity contribution >= 4 is 0 Å². The standard InChI is InChI=1S/C58H105NO3/c1-9-10-11-12-13-14-15-16-17-18-19-20-21-22-25-28-42-60-47-52(46-59-8)62-44-30-27-24-23-26-29-43-61-51-37-40-56(5)50(45-51)36-39-58(7)54-35-34-53(49(4)33-31-32-48(2)3)57(54,6)41-38-55(56)58/h13-14,16-17,36,48-49,51-55,59H,9-12,15,18-35,37-47H2,1-8H3. The van der Waals surface area contributed by atoms with E-state index in [1.165, 1.54) is 173 Å². The zero-order valence-corrected chi connectivity index (χ0v) is 42.7. The van der Waals surface area contributed by atoms with E-state index >= 15 is 0 Å². The molecular formula is C58H105NO3. The van der Waals surface area contributed by atoms with Gasteiger partial charge in [-0.2, -0.15) is 0 Å². The lowest BCUT2D eigenvalue weighted by atomic mass is 9.41. The molecule has 62 heavy (non-hydrogen) atoms. The van der Waals surface area contributed by atoms with Crippen molar-refractivity contribution in [2.24, 2.45) is 45.8 Å². The molecule has 0 amide bonds. The minimum Gasteiger partial charge on any atom is -0.379 e. The largest absolute Gasteiger partial charge is 0.379 e. The highest BCUT2D eigenvalue weighted by atomic mass is 16.5. The average Bonchev–Trinajstić information content (AvgIpc) is 3.62. The van der Waals surface area contributed by atoms with Gasteiger partial charge >= 0.3 is 0 Å². The number of hydrogen-bond acceptors (Lipinski definition) is 4. The molecule has 4 nitrogen and oxygen atoms in total. The highest BCUT2D eigenvalue weighted by Crippen LogP contribution is 2.72. The van der Waals surface area contributed by atoms with E-state index in [1.54, 1.807) is 5.57 Å². The van der Waals surface area contributed by atoms with Crippen LogP contribution in [-0.4, -0.2) is 52.2 Å². The van der Waals surface area contributed by atoms with Gasteiger partial charge in [-0.3, -0.25) is 0 Å². The minimum atomic E-state index is 0.157. The molecule has 0 bridgehead atoms. The minimum absolute atomic E-state index is 0.157. The summed E-state index contributed by atoms with van der Waals surface area (Å²) in [6.45, 7) is 22.1. The van der Waals surface area contributed by atoms with E-state index in [-0.39, 0.29) is 6.10 Å². The highest BCUT2D eigenvalue weighted by Gasteiger charge is 2.64. The van der Waals surface area contributed by atoms with Crippen LogP contribution in [0, 0.1) is 45.8 Å². The molecule has 3 saturated carbocycles. The molecule has 9 unspecified atom stereocenters. The Bertz CT molecular complexity index is 1260. The summed E-state index contributed by atoms with van der Waals surface area (Å²) < 4.78 is 18.9. The Morgan fingerprint density at radius 2 is 1.34 bits per heavy atom. The fourth-order valence-corrected chi connectivity index (χ4v) is 13.7. The number of nitrogens with one attached hydrogen (secondary N) is 1. The molecule has 0 aliphatic heterocycles. The van der Waals surface area contributed by atoms with Crippen molar-refractivity contribution in [2.75, 3.05) is 40.0 Å². The third-order valence-electron chi connectivity index (χ3n) is 17.3. The summed E-state index contributed by atoms with van der Waals surface area (Å²) >= 11 is 0. The molecule has 360 valence electrons. The molecular weight excluding hydrogens is 759 g/mol. The third-order valence-corrected chi connectivity index (χ3v) is 17.3. The maximum Gasteiger partial charge on any atom is 0.0932 e. The normalized spacial score (nSPS) is 29.6. The Hall–Kier alpha value is -0.940. The average molecular weight is 864 g/mol. The summed E-state index contributed by atoms with van der Waals surface area (Å²) in [4.78, 5) is 0. The van der Waals surface area contributed by atoms with E-state index in [0.29, 0.717) is 29.0 Å². The van der Waals surface area contributed by atoms with Crippen molar-refractivity contribution in [3.63, 3.8) is 0 Å². The summed E-state index contributed by atoms with van der Waals surface area (Å²) in [5, 5.41) is 3.30. The van der Waals surface area contributed by atoms with E-state index in [9.17, 15) is 0 Å². The Morgan fingerprint density at radius 1 is 0.677 bits per heavy atom. The van der Waals surface area contributed by atoms with Gasteiger partial charge in [0, 0.05) is 26.4 Å². The van der Waals surface area contributed by atoms with Crippen LogP contribution in [0.15, 0.2) is 36.0 Å². The molecule has 0 aromatic rings. The van der Waals surface area contributed by atoms with Gasteiger partial charge in [0.05, 0.1) is 18.8 Å². The van der Waals surface area contributed by atoms with Crippen LogP contribution in [0.4, 0.5) is 0 Å². The van der Waals surface area contributed by atoms with Crippen LogP contribution in [0.5, 0.6) is 0 Å². The monoisotopic (exact) mass is 864 g/mol. The topological polar surface area (TPSA) is 39.7 Å². The van der Waals surface area contributed by atoms with E-state index in [0.717, 1.165) is 68.8 Å². The van der Waals surface area contributed by atoms with Gasteiger partial charge in [0.1, 0.15) is 0 Å². The van der Waals surface area contributed by atoms with E-state index in [4.69, 9.17) is 14.2 Å². The maximum absolute atomic E-state index is 6.62. The first-order valence-electron chi connectivity index (χ1n) is 27.5. The van der Waals surface area contributed by atoms with Crippen molar-refractivity contribution in [2.45, 2.75) is 247 Å². The van der Waals surface area contributed by atoms with Gasteiger partial charge < -0.3 is 19.5 Å². The molecule has 4 rings (SSSR count). The van der Waals surface area contributed by atoms with Gasteiger partial charge in [-0.15, -0.1) is 0 Å². The zero-order chi connectivity index (χ0) is 44.5. The Kier molecular flexibility index (Phi) is 25.7. The first kappa shape index (κ1) is 53.7. The number of unbranched alkanes of at least 4 members (excludes halogenated alkanes) is 14. The van der Waals surface area contributed by atoms with Crippen molar-refractivity contribution in [3.8, 4) is 0 Å². The molecule has 0 aromatic carbocycles. The number of rotatable bonds is 35. The zero-order valence-electron chi connectivity index (χ0n) is 42.7. The van der Waals surface area contributed by atoms with Gasteiger partial charge in [0.25, 0.3) is 0 Å². The molecule has 3 fully saturated rings. The van der Waals surface area contributed by atoms with Crippen LogP contribution in [0.3, 0.4) is 0 Å². The molecule has 0 heterocycles. The first-order chi connectivity index (χ1) is 30.1. The summed E-state index contributed by atoms with van der Waals surface area (Å²) in [6, 6.07) is 0. The molecule has 1 N–H and O–H groups in total. The fourth-order valence-electron chi connectivity index (χ4n) is 13.7. The van der Waals surface area contributed by atoms with Gasteiger partial charge in [-0.05, 0) is 156 Å².